The van der Waals surface area contributed by atoms with Crippen molar-refractivity contribution in [1.29, 1.82) is 5.26 Å². The standard InChI is InChI=1S/C18H13FN4O2/c19-15-2-1-11(7-12(15)8-20)10-22-5-3-13-14-4-6-23(25)18(24)17(14)21-9-16(13)22/h1-3,5,7,9,25H,4,6,10H2. The van der Waals surface area contributed by atoms with Crippen molar-refractivity contribution in [1.82, 2.24) is 14.6 Å². The van der Waals surface area contributed by atoms with Crippen LogP contribution in [0.25, 0.3) is 10.9 Å². The molecule has 3 aromatic rings. The maximum atomic E-state index is 13.5. The number of aromatic nitrogens is 2. The lowest BCUT2D eigenvalue weighted by Crippen LogP contribution is -2.35. The van der Waals surface area contributed by atoms with Gasteiger partial charge in [0.2, 0.25) is 0 Å². The summed E-state index contributed by atoms with van der Waals surface area (Å²) in [6, 6.07) is 8.20. The van der Waals surface area contributed by atoms with Crippen molar-refractivity contribution >= 4 is 16.8 Å². The van der Waals surface area contributed by atoms with Gasteiger partial charge in [-0.05, 0) is 35.7 Å². The molecular formula is C18H13FN4O2. The molecular weight excluding hydrogens is 323 g/mol. The van der Waals surface area contributed by atoms with E-state index in [2.05, 4.69) is 4.98 Å². The molecule has 7 heteroatoms. The average Bonchev–Trinajstić information content (AvgIpc) is 3.03. The number of nitriles is 1. The minimum atomic E-state index is -0.536. The fraction of sp³-hybridized carbons (Fsp3) is 0.167. The average molecular weight is 336 g/mol. The summed E-state index contributed by atoms with van der Waals surface area (Å²) in [7, 11) is 0. The molecule has 2 aromatic heterocycles. The van der Waals surface area contributed by atoms with Crippen molar-refractivity contribution in [2.45, 2.75) is 13.0 Å². The highest BCUT2D eigenvalue weighted by Crippen LogP contribution is 2.27. The molecule has 1 aliphatic rings. The molecule has 25 heavy (non-hydrogen) atoms. The number of pyridine rings is 1. The van der Waals surface area contributed by atoms with Gasteiger partial charge in [0.1, 0.15) is 17.6 Å². The predicted octanol–water partition coefficient (Wildman–Crippen LogP) is 2.48. The van der Waals surface area contributed by atoms with Crippen LogP contribution < -0.4 is 0 Å². The predicted molar refractivity (Wildman–Crippen MR) is 86.5 cm³/mol. The first-order valence-corrected chi connectivity index (χ1v) is 7.74. The summed E-state index contributed by atoms with van der Waals surface area (Å²) in [6.45, 7) is 0.695. The molecule has 4 rings (SSSR count). The lowest BCUT2D eigenvalue weighted by molar-refractivity contribution is -0.0606. The first kappa shape index (κ1) is 15.3. The molecule has 1 aliphatic heterocycles. The SMILES string of the molecule is N#Cc1cc(Cn2ccc3c4c(ncc32)C(=O)N(O)CC4)ccc1F. The Labute approximate surface area is 142 Å². The van der Waals surface area contributed by atoms with Crippen LogP contribution in [-0.4, -0.2) is 32.3 Å². The molecule has 0 bridgehead atoms. The number of amides is 1. The third-order valence-electron chi connectivity index (χ3n) is 4.45. The van der Waals surface area contributed by atoms with E-state index in [-0.39, 0.29) is 17.8 Å². The molecule has 0 fully saturated rings. The Balaban J connectivity index is 1.75. The highest BCUT2D eigenvalue weighted by Gasteiger charge is 2.26. The van der Waals surface area contributed by atoms with E-state index in [9.17, 15) is 14.4 Å². The Morgan fingerprint density at radius 2 is 2.20 bits per heavy atom. The van der Waals surface area contributed by atoms with Crippen LogP contribution in [0.1, 0.15) is 27.2 Å². The molecule has 3 heterocycles. The van der Waals surface area contributed by atoms with E-state index in [1.165, 1.54) is 12.1 Å². The van der Waals surface area contributed by atoms with E-state index >= 15 is 0 Å². The molecule has 1 N–H and O–H groups in total. The zero-order chi connectivity index (χ0) is 17.6. The highest BCUT2D eigenvalue weighted by molar-refractivity contribution is 5.99. The summed E-state index contributed by atoms with van der Waals surface area (Å²) in [5.41, 5.74) is 2.75. The van der Waals surface area contributed by atoms with E-state index in [1.807, 2.05) is 22.9 Å². The normalized spacial score (nSPS) is 13.8. The van der Waals surface area contributed by atoms with E-state index in [0.29, 0.717) is 18.0 Å². The second-order valence-electron chi connectivity index (χ2n) is 5.93. The number of nitrogens with zero attached hydrogens (tertiary/aromatic N) is 4. The zero-order valence-corrected chi connectivity index (χ0v) is 13.1. The summed E-state index contributed by atoms with van der Waals surface area (Å²) in [6.07, 6.45) is 4.00. The van der Waals surface area contributed by atoms with Crippen LogP contribution in [-0.2, 0) is 13.0 Å². The number of hydroxylamine groups is 2. The number of hydrogen-bond acceptors (Lipinski definition) is 4. The third-order valence-corrected chi connectivity index (χ3v) is 4.45. The molecule has 0 aliphatic carbocycles. The van der Waals surface area contributed by atoms with Gasteiger partial charge in [0.05, 0.1) is 23.8 Å². The quantitative estimate of drug-likeness (QED) is 0.729. The van der Waals surface area contributed by atoms with Crippen LogP contribution in [0.2, 0.25) is 0 Å². The molecule has 1 amide bonds. The largest absolute Gasteiger partial charge is 0.342 e. The molecule has 0 unspecified atom stereocenters. The van der Waals surface area contributed by atoms with Crippen molar-refractivity contribution in [3.63, 3.8) is 0 Å². The van der Waals surface area contributed by atoms with Gasteiger partial charge in [-0.25, -0.2) is 14.4 Å². The summed E-state index contributed by atoms with van der Waals surface area (Å²) >= 11 is 0. The van der Waals surface area contributed by atoms with Gasteiger partial charge in [-0.3, -0.25) is 10.0 Å². The molecule has 1 aromatic carbocycles. The summed E-state index contributed by atoms with van der Waals surface area (Å²) < 4.78 is 15.4. The molecule has 6 nitrogen and oxygen atoms in total. The molecule has 0 saturated heterocycles. The van der Waals surface area contributed by atoms with Crippen molar-refractivity contribution in [3.8, 4) is 6.07 Å². The van der Waals surface area contributed by atoms with Crippen LogP contribution in [0.4, 0.5) is 4.39 Å². The van der Waals surface area contributed by atoms with Crippen molar-refractivity contribution in [3.05, 3.63) is 64.9 Å². The van der Waals surface area contributed by atoms with Crippen LogP contribution in [0.15, 0.2) is 36.7 Å². The Hall–Kier alpha value is -3.24. The third kappa shape index (κ3) is 2.44. The molecule has 0 atom stereocenters. The van der Waals surface area contributed by atoms with Gasteiger partial charge in [-0.2, -0.15) is 5.26 Å². The topological polar surface area (TPSA) is 82.2 Å². The van der Waals surface area contributed by atoms with Gasteiger partial charge < -0.3 is 4.57 Å². The first-order valence-electron chi connectivity index (χ1n) is 7.74. The van der Waals surface area contributed by atoms with Crippen molar-refractivity contribution < 1.29 is 14.4 Å². The van der Waals surface area contributed by atoms with Crippen molar-refractivity contribution in [2.75, 3.05) is 6.54 Å². The molecule has 124 valence electrons. The van der Waals surface area contributed by atoms with Crippen LogP contribution in [0.3, 0.4) is 0 Å². The van der Waals surface area contributed by atoms with E-state index in [0.717, 1.165) is 22.0 Å². The smallest absolute Gasteiger partial charge is 0.296 e. The number of halogens is 1. The Morgan fingerprint density at radius 1 is 1.36 bits per heavy atom. The van der Waals surface area contributed by atoms with Gasteiger partial charge in [-0.15, -0.1) is 0 Å². The lowest BCUT2D eigenvalue weighted by Gasteiger charge is -2.22. The number of carbonyl (C=O) groups excluding carboxylic acids is 1. The molecule has 0 radical (unpaired) electrons. The second-order valence-corrected chi connectivity index (χ2v) is 5.93. The maximum Gasteiger partial charge on any atom is 0.296 e. The molecule has 0 saturated carbocycles. The minimum absolute atomic E-state index is 0.0121. The first-order chi connectivity index (χ1) is 12.1. The maximum absolute atomic E-state index is 13.5. The van der Waals surface area contributed by atoms with Crippen LogP contribution in [0.5, 0.6) is 0 Å². The van der Waals surface area contributed by atoms with Crippen molar-refractivity contribution in [2.24, 2.45) is 0 Å². The lowest BCUT2D eigenvalue weighted by atomic mass is 10.0. The number of carbonyl (C=O) groups is 1. The summed E-state index contributed by atoms with van der Waals surface area (Å²) in [5, 5.41) is 20.1. The minimum Gasteiger partial charge on any atom is -0.342 e. The molecule has 0 spiro atoms. The van der Waals surface area contributed by atoms with E-state index in [4.69, 9.17) is 5.26 Å². The zero-order valence-electron chi connectivity index (χ0n) is 13.1. The fourth-order valence-corrected chi connectivity index (χ4v) is 3.18. The monoisotopic (exact) mass is 336 g/mol. The van der Waals surface area contributed by atoms with Gasteiger partial charge in [-0.1, -0.05) is 6.07 Å². The van der Waals surface area contributed by atoms with Crippen LogP contribution in [0, 0.1) is 17.1 Å². The van der Waals surface area contributed by atoms with Crippen LogP contribution >= 0.6 is 0 Å². The highest BCUT2D eigenvalue weighted by atomic mass is 19.1. The van der Waals surface area contributed by atoms with E-state index in [1.54, 1.807) is 12.3 Å². The Morgan fingerprint density at radius 3 is 3.00 bits per heavy atom. The van der Waals surface area contributed by atoms with Gasteiger partial charge in [0.25, 0.3) is 5.91 Å². The number of rotatable bonds is 2. The van der Waals surface area contributed by atoms with Gasteiger partial charge >= 0.3 is 0 Å². The Bertz CT molecular complexity index is 1050. The summed E-state index contributed by atoms with van der Waals surface area (Å²) in [4.78, 5) is 16.2. The fourth-order valence-electron chi connectivity index (χ4n) is 3.18. The number of fused-ring (bicyclic) bond motifs is 3. The second kappa shape index (κ2) is 5.69. The number of hydrogen-bond donors (Lipinski definition) is 1. The van der Waals surface area contributed by atoms with Gasteiger partial charge in [0, 0.05) is 18.1 Å². The summed E-state index contributed by atoms with van der Waals surface area (Å²) in [5.74, 6) is -1.03. The number of benzene rings is 1. The van der Waals surface area contributed by atoms with Gasteiger partial charge in [0.15, 0.2) is 0 Å². The van der Waals surface area contributed by atoms with E-state index < -0.39 is 11.7 Å². The Kier molecular flexibility index (Phi) is 3.48.